The fraction of sp³-hybridized carbons (Fsp3) is 0.278. The van der Waals surface area contributed by atoms with Crippen LogP contribution in [0.5, 0.6) is 0 Å². The summed E-state index contributed by atoms with van der Waals surface area (Å²) in [7, 11) is 1.18. The van der Waals surface area contributed by atoms with Crippen LogP contribution in [0.25, 0.3) is 0 Å². The van der Waals surface area contributed by atoms with Crippen molar-refractivity contribution in [3.63, 3.8) is 0 Å². The number of esters is 2. The Morgan fingerprint density at radius 3 is 2.50 bits per heavy atom. The molecule has 1 aromatic carbocycles. The molecule has 0 amide bonds. The van der Waals surface area contributed by atoms with Crippen molar-refractivity contribution in [3.8, 4) is 0 Å². The number of methoxy groups -OCH3 is 1. The van der Waals surface area contributed by atoms with Crippen molar-refractivity contribution >= 4 is 41.4 Å². The molecule has 0 spiro atoms. The van der Waals surface area contributed by atoms with E-state index < -0.39 is 17.9 Å². The molecule has 8 heteroatoms. The van der Waals surface area contributed by atoms with E-state index in [1.807, 2.05) is 0 Å². The quantitative estimate of drug-likeness (QED) is 0.606. The van der Waals surface area contributed by atoms with Gasteiger partial charge in [-0.15, -0.1) is 0 Å². The Hall–Kier alpha value is -2.31. The second-order valence-electron chi connectivity index (χ2n) is 5.40. The Labute approximate surface area is 160 Å². The van der Waals surface area contributed by atoms with E-state index in [1.165, 1.54) is 7.11 Å². The number of rotatable bonds is 5. The summed E-state index contributed by atoms with van der Waals surface area (Å²) in [6.07, 6.45) is 0.489. The molecule has 0 radical (unpaired) electrons. The van der Waals surface area contributed by atoms with Gasteiger partial charge in [0.1, 0.15) is 0 Å². The lowest BCUT2D eigenvalue weighted by Crippen LogP contribution is -2.33. The first-order valence-corrected chi connectivity index (χ1v) is 8.49. The van der Waals surface area contributed by atoms with Gasteiger partial charge in [-0.2, -0.15) is 0 Å². The van der Waals surface area contributed by atoms with Crippen molar-refractivity contribution in [2.45, 2.75) is 19.8 Å². The summed E-state index contributed by atoms with van der Waals surface area (Å²) < 4.78 is 9.95. The lowest BCUT2D eigenvalue weighted by Gasteiger charge is -2.30. The molecule has 0 bridgehead atoms. The highest BCUT2D eigenvalue weighted by molar-refractivity contribution is 6.42. The minimum atomic E-state index is -0.964. The molecule has 0 saturated heterocycles. The van der Waals surface area contributed by atoms with Crippen LogP contribution in [-0.4, -0.2) is 31.9 Å². The molecule has 1 aliphatic rings. The van der Waals surface area contributed by atoms with E-state index >= 15 is 0 Å². The first kappa shape index (κ1) is 20.0. The standard InChI is InChI=1S/C18H17Cl2NO5/c1-4-26-18(24)13-9(2)21-12(8-22)15(17(23)25-3)14(13)10-6-5-7-11(19)16(10)20/h5-8,14,21H,4H2,1-3H3. The molecule has 1 aromatic rings. The van der Waals surface area contributed by atoms with E-state index in [-0.39, 0.29) is 33.5 Å². The van der Waals surface area contributed by atoms with Crippen LogP contribution in [0.2, 0.25) is 10.0 Å². The summed E-state index contributed by atoms with van der Waals surface area (Å²) in [5, 5.41) is 3.19. The van der Waals surface area contributed by atoms with E-state index in [1.54, 1.807) is 32.0 Å². The SMILES string of the molecule is CCOC(=O)C1=C(C)NC(C=O)=C(C(=O)OC)C1c1cccc(Cl)c1Cl. The van der Waals surface area contributed by atoms with Gasteiger partial charge in [-0.25, -0.2) is 9.59 Å². The smallest absolute Gasteiger partial charge is 0.336 e. The third kappa shape index (κ3) is 3.61. The van der Waals surface area contributed by atoms with Gasteiger partial charge in [0, 0.05) is 5.70 Å². The van der Waals surface area contributed by atoms with Crippen LogP contribution < -0.4 is 5.32 Å². The van der Waals surface area contributed by atoms with Crippen molar-refractivity contribution in [1.29, 1.82) is 0 Å². The Morgan fingerprint density at radius 2 is 1.92 bits per heavy atom. The van der Waals surface area contributed by atoms with E-state index in [9.17, 15) is 14.4 Å². The first-order chi connectivity index (χ1) is 12.4. The van der Waals surface area contributed by atoms with Crippen LogP contribution in [0, 0.1) is 0 Å². The molecule has 1 aliphatic heterocycles. The van der Waals surface area contributed by atoms with Gasteiger partial charge in [0.05, 0.1) is 46.5 Å². The van der Waals surface area contributed by atoms with Crippen LogP contribution in [-0.2, 0) is 23.9 Å². The molecule has 26 heavy (non-hydrogen) atoms. The molecule has 1 unspecified atom stereocenters. The van der Waals surface area contributed by atoms with Crippen LogP contribution in [0.4, 0.5) is 0 Å². The topological polar surface area (TPSA) is 81.7 Å². The predicted molar refractivity (Wildman–Crippen MR) is 96.8 cm³/mol. The number of benzene rings is 1. The summed E-state index contributed by atoms with van der Waals surface area (Å²) in [4.78, 5) is 36.5. The molecule has 0 aromatic heterocycles. The fourth-order valence-electron chi connectivity index (χ4n) is 2.82. The third-order valence-corrected chi connectivity index (χ3v) is 4.74. The number of nitrogens with one attached hydrogen (secondary N) is 1. The van der Waals surface area contributed by atoms with Crippen molar-refractivity contribution in [1.82, 2.24) is 5.32 Å². The molecule has 1 atom stereocenters. The van der Waals surface area contributed by atoms with E-state index in [4.69, 9.17) is 32.7 Å². The summed E-state index contributed by atoms with van der Waals surface area (Å²) >= 11 is 12.4. The van der Waals surface area contributed by atoms with Crippen LogP contribution in [0.3, 0.4) is 0 Å². The van der Waals surface area contributed by atoms with E-state index in [2.05, 4.69) is 5.32 Å². The maximum Gasteiger partial charge on any atom is 0.336 e. The summed E-state index contributed by atoms with van der Waals surface area (Å²) in [6, 6.07) is 4.85. The second kappa shape index (κ2) is 8.38. The van der Waals surface area contributed by atoms with Gasteiger partial charge >= 0.3 is 11.9 Å². The highest BCUT2D eigenvalue weighted by atomic mass is 35.5. The number of hydrogen-bond acceptors (Lipinski definition) is 6. The number of halogens is 2. The average Bonchev–Trinajstić information content (AvgIpc) is 2.62. The van der Waals surface area contributed by atoms with Gasteiger partial charge in [0.25, 0.3) is 0 Å². The predicted octanol–water partition coefficient (Wildman–Crippen LogP) is 3.14. The fourth-order valence-corrected chi connectivity index (χ4v) is 3.23. The number of ether oxygens (including phenoxy) is 2. The van der Waals surface area contributed by atoms with Crippen LogP contribution in [0.1, 0.15) is 25.3 Å². The molecule has 0 aliphatic carbocycles. The molecular formula is C18H17Cl2NO5. The van der Waals surface area contributed by atoms with Gasteiger partial charge in [-0.1, -0.05) is 35.3 Å². The monoisotopic (exact) mass is 397 g/mol. The van der Waals surface area contributed by atoms with Crippen molar-refractivity contribution in [2.75, 3.05) is 13.7 Å². The number of dihydropyridines is 1. The van der Waals surface area contributed by atoms with Crippen LogP contribution in [0.15, 0.2) is 40.7 Å². The highest BCUT2D eigenvalue weighted by Crippen LogP contribution is 2.43. The van der Waals surface area contributed by atoms with E-state index in [0.29, 0.717) is 17.5 Å². The summed E-state index contributed by atoms with van der Waals surface area (Å²) in [6.45, 7) is 3.41. The number of carbonyl (C=O) groups excluding carboxylic acids is 3. The normalized spacial score (nSPS) is 16.9. The van der Waals surface area contributed by atoms with Crippen LogP contribution >= 0.6 is 23.2 Å². The average molecular weight is 398 g/mol. The molecule has 1 N–H and O–H groups in total. The molecule has 2 rings (SSSR count). The lowest BCUT2D eigenvalue weighted by molar-refractivity contribution is -0.139. The molecule has 6 nitrogen and oxygen atoms in total. The van der Waals surface area contributed by atoms with Crippen molar-refractivity contribution in [3.05, 3.63) is 56.3 Å². The zero-order valence-electron chi connectivity index (χ0n) is 14.4. The zero-order chi connectivity index (χ0) is 19.4. The van der Waals surface area contributed by atoms with Gasteiger partial charge in [0.15, 0.2) is 6.29 Å². The largest absolute Gasteiger partial charge is 0.466 e. The number of hydrogen-bond donors (Lipinski definition) is 1. The van der Waals surface area contributed by atoms with Crippen molar-refractivity contribution < 1.29 is 23.9 Å². The Morgan fingerprint density at radius 1 is 1.23 bits per heavy atom. The number of allylic oxidation sites excluding steroid dienone is 2. The molecule has 138 valence electrons. The van der Waals surface area contributed by atoms with E-state index in [0.717, 1.165) is 0 Å². The van der Waals surface area contributed by atoms with Gasteiger partial charge in [-0.05, 0) is 25.5 Å². The highest BCUT2D eigenvalue weighted by Gasteiger charge is 2.39. The summed E-state index contributed by atoms with van der Waals surface area (Å²) in [5.41, 5.74) is 0.868. The maximum absolute atomic E-state index is 12.6. The second-order valence-corrected chi connectivity index (χ2v) is 6.18. The maximum atomic E-state index is 12.6. The Balaban J connectivity index is 2.80. The Kier molecular flexibility index (Phi) is 6.45. The van der Waals surface area contributed by atoms with Gasteiger partial charge in [0.2, 0.25) is 0 Å². The Bertz CT molecular complexity index is 829. The van der Waals surface area contributed by atoms with Gasteiger partial charge < -0.3 is 14.8 Å². The third-order valence-electron chi connectivity index (χ3n) is 3.90. The van der Waals surface area contributed by atoms with Gasteiger partial charge in [-0.3, -0.25) is 4.79 Å². The molecule has 1 heterocycles. The number of carbonyl (C=O) groups is 3. The number of aldehydes is 1. The molecule has 0 saturated carbocycles. The van der Waals surface area contributed by atoms with Crippen molar-refractivity contribution in [2.24, 2.45) is 0 Å². The molecule has 0 fully saturated rings. The minimum absolute atomic E-state index is 0.0107. The molecular weight excluding hydrogens is 381 g/mol. The lowest BCUT2D eigenvalue weighted by atomic mass is 9.80. The minimum Gasteiger partial charge on any atom is -0.466 e. The summed E-state index contributed by atoms with van der Waals surface area (Å²) in [5.74, 6) is -2.37. The zero-order valence-corrected chi connectivity index (χ0v) is 15.9. The first-order valence-electron chi connectivity index (χ1n) is 7.73.